The molecule has 13 heavy (non-hydrogen) atoms. The summed E-state index contributed by atoms with van der Waals surface area (Å²) in [6, 6.07) is 8.08. The summed E-state index contributed by atoms with van der Waals surface area (Å²) >= 11 is 0. The first-order valence-corrected chi connectivity index (χ1v) is 4.20. The largest absolute Gasteiger partial charge is 0.369 e. The summed E-state index contributed by atoms with van der Waals surface area (Å²) in [6.07, 6.45) is 3.96. The highest BCUT2D eigenvalue weighted by molar-refractivity contribution is 5.76. The highest BCUT2D eigenvalue weighted by Crippen LogP contribution is 2.05. The number of carbonyl (C=O) groups is 1. The Bertz CT molecular complexity index is 311. The van der Waals surface area contributed by atoms with Gasteiger partial charge in [-0.15, -0.1) is 0 Å². The van der Waals surface area contributed by atoms with E-state index in [1.165, 1.54) is 5.56 Å². The fraction of sp³-hybridized carbons (Fsp3) is 0.182. The molecule has 0 spiro atoms. The molecule has 2 nitrogen and oxygen atoms in total. The normalized spacial score (nSPS) is 10.5. The molecule has 0 bridgehead atoms. The zero-order valence-corrected chi connectivity index (χ0v) is 7.66. The Hall–Kier alpha value is -1.57. The second kappa shape index (κ2) is 4.45. The Balaban J connectivity index is 2.59. The lowest BCUT2D eigenvalue weighted by Gasteiger charge is -1.93. The molecule has 0 atom stereocenters. The van der Waals surface area contributed by atoms with Gasteiger partial charge in [0.05, 0.1) is 0 Å². The Morgan fingerprint density at radius 3 is 2.54 bits per heavy atom. The van der Waals surface area contributed by atoms with Gasteiger partial charge in [-0.3, -0.25) is 4.79 Å². The molecule has 1 aromatic rings. The lowest BCUT2D eigenvalue weighted by atomic mass is 10.1. The molecule has 1 amide bonds. The predicted molar refractivity (Wildman–Crippen MR) is 54.0 cm³/mol. The minimum atomic E-state index is -0.302. The molecule has 0 aromatic heterocycles. The van der Waals surface area contributed by atoms with Crippen LogP contribution in [0.4, 0.5) is 0 Å². The van der Waals surface area contributed by atoms with Crippen molar-refractivity contribution in [3.8, 4) is 0 Å². The zero-order valence-electron chi connectivity index (χ0n) is 7.66. The van der Waals surface area contributed by atoms with Gasteiger partial charge in [-0.05, 0) is 12.5 Å². The van der Waals surface area contributed by atoms with Crippen LogP contribution in [0.3, 0.4) is 0 Å². The number of hydrogen-bond acceptors (Lipinski definition) is 1. The van der Waals surface area contributed by atoms with Crippen LogP contribution in [0.1, 0.15) is 17.5 Å². The van der Waals surface area contributed by atoms with Crippen LogP contribution in [0, 0.1) is 6.92 Å². The number of benzene rings is 1. The zero-order chi connectivity index (χ0) is 9.68. The van der Waals surface area contributed by atoms with Gasteiger partial charge >= 0.3 is 0 Å². The van der Waals surface area contributed by atoms with Crippen molar-refractivity contribution in [1.82, 2.24) is 0 Å². The molecule has 0 radical (unpaired) electrons. The molecule has 0 unspecified atom stereocenters. The van der Waals surface area contributed by atoms with E-state index in [9.17, 15) is 4.79 Å². The molecule has 0 aliphatic rings. The molecule has 0 saturated heterocycles. The first-order chi connectivity index (χ1) is 6.18. The summed E-state index contributed by atoms with van der Waals surface area (Å²) < 4.78 is 0. The highest BCUT2D eigenvalue weighted by atomic mass is 16.1. The number of amides is 1. The van der Waals surface area contributed by atoms with Gasteiger partial charge in [-0.1, -0.05) is 42.0 Å². The van der Waals surface area contributed by atoms with E-state index in [1.54, 1.807) is 6.08 Å². The Morgan fingerprint density at radius 1 is 1.38 bits per heavy atom. The first-order valence-electron chi connectivity index (χ1n) is 4.20. The maximum Gasteiger partial charge on any atom is 0.221 e. The number of aryl methyl sites for hydroxylation is 1. The molecule has 0 saturated carbocycles. The SMILES string of the molecule is Cc1ccc(C=CCC(N)=O)cc1. The van der Waals surface area contributed by atoms with E-state index in [0.717, 1.165) is 5.56 Å². The molecule has 0 aliphatic carbocycles. The van der Waals surface area contributed by atoms with Crippen LogP contribution in [0.25, 0.3) is 6.08 Å². The molecule has 1 aromatic carbocycles. The van der Waals surface area contributed by atoms with E-state index in [-0.39, 0.29) is 5.91 Å². The molecule has 0 heterocycles. The molecule has 68 valence electrons. The molecule has 0 fully saturated rings. The summed E-state index contributed by atoms with van der Waals surface area (Å²) in [5.41, 5.74) is 7.31. The third-order valence-corrected chi connectivity index (χ3v) is 1.71. The summed E-state index contributed by atoms with van der Waals surface area (Å²) in [7, 11) is 0. The summed E-state index contributed by atoms with van der Waals surface area (Å²) in [4.78, 5) is 10.4. The van der Waals surface area contributed by atoms with E-state index in [0.29, 0.717) is 6.42 Å². The topological polar surface area (TPSA) is 43.1 Å². The van der Waals surface area contributed by atoms with Gasteiger partial charge in [0.25, 0.3) is 0 Å². The van der Waals surface area contributed by atoms with E-state index in [4.69, 9.17) is 5.73 Å². The Labute approximate surface area is 78.1 Å². The summed E-state index contributed by atoms with van der Waals surface area (Å²) in [5.74, 6) is -0.302. The van der Waals surface area contributed by atoms with Gasteiger partial charge < -0.3 is 5.73 Å². The average Bonchev–Trinajstić information content (AvgIpc) is 2.08. The van der Waals surface area contributed by atoms with Crippen molar-refractivity contribution in [3.63, 3.8) is 0 Å². The second-order valence-corrected chi connectivity index (χ2v) is 2.98. The van der Waals surface area contributed by atoms with Crippen molar-refractivity contribution in [2.75, 3.05) is 0 Å². The molecule has 0 aliphatic heterocycles. The Morgan fingerprint density at radius 2 is 2.00 bits per heavy atom. The summed E-state index contributed by atoms with van der Waals surface area (Å²) in [6.45, 7) is 2.04. The van der Waals surface area contributed by atoms with Crippen LogP contribution in [-0.4, -0.2) is 5.91 Å². The van der Waals surface area contributed by atoms with Crippen LogP contribution < -0.4 is 5.73 Å². The van der Waals surface area contributed by atoms with Crippen molar-refractivity contribution < 1.29 is 4.79 Å². The summed E-state index contributed by atoms with van der Waals surface area (Å²) in [5, 5.41) is 0. The minimum Gasteiger partial charge on any atom is -0.369 e. The van der Waals surface area contributed by atoms with Crippen molar-refractivity contribution in [2.24, 2.45) is 5.73 Å². The monoisotopic (exact) mass is 175 g/mol. The number of carbonyl (C=O) groups excluding carboxylic acids is 1. The minimum absolute atomic E-state index is 0.299. The molecular weight excluding hydrogens is 162 g/mol. The number of hydrogen-bond donors (Lipinski definition) is 1. The van der Waals surface area contributed by atoms with Crippen molar-refractivity contribution in [3.05, 3.63) is 41.5 Å². The van der Waals surface area contributed by atoms with E-state index >= 15 is 0 Å². The van der Waals surface area contributed by atoms with Gasteiger partial charge in [0.1, 0.15) is 0 Å². The van der Waals surface area contributed by atoms with Gasteiger partial charge in [0, 0.05) is 6.42 Å². The Kier molecular flexibility index (Phi) is 3.26. The second-order valence-electron chi connectivity index (χ2n) is 2.98. The van der Waals surface area contributed by atoms with E-state index in [2.05, 4.69) is 0 Å². The van der Waals surface area contributed by atoms with E-state index < -0.39 is 0 Å². The predicted octanol–water partition coefficient (Wildman–Crippen LogP) is 1.88. The molecule has 2 N–H and O–H groups in total. The van der Waals surface area contributed by atoms with E-state index in [1.807, 2.05) is 37.3 Å². The van der Waals surface area contributed by atoms with Gasteiger partial charge in [-0.25, -0.2) is 0 Å². The van der Waals surface area contributed by atoms with Crippen molar-refractivity contribution in [2.45, 2.75) is 13.3 Å². The molecular formula is C11H13NO. The van der Waals surface area contributed by atoms with Crippen molar-refractivity contribution in [1.29, 1.82) is 0 Å². The fourth-order valence-corrected chi connectivity index (χ4v) is 0.989. The molecule has 2 heteroatoms. The fourth-order valence-electron chi connectivity index (χ4n) is 0.989. The smallest absolute Gasteiger partial charge is 0.221 e. The lowest BCUT2D eigenvalue weighted by molar-refractivity contribution is -0.117. The third kappa shape index (κ3) is 3.56. The van der Waals surface area contributed by atoms with Crippen LogP contribution in [0.2, 0.25) is 0 Å². The van der Waals surface area contributed by atoms with Gasteiger partial charge in [0.15, 0.2) is 0 Å². The van der Waals surface area contributed by atoms with Crippen LogP contribution in [-0.2, 0) is 4.79 Å². The van der Waals surface area contributed by atoms with Crippen LogP contribution >= 0.6 is 0 Å². The van der Waals surface area contributed by atoms with Crippen LogP contribution in [0.5, 0.6) is 0 Å². The number of primary amides is 1. The van der Waals surface area contributed by atoms with Crippen LogP contribution in [0.15, 0.2) is 30.3 Å². The number of nitrogens with two attached hydrogens (primary N) is 1. The number of rotatable bonds is 3. The average molecular weight is 175 g/mol. The first kappa shape index (κ1) is 9.52. The molecule has 1 rings (SSSR count). The standard InChI is InChI=1S/C11H13NO/c1-9-5-7-10(8-6-9)3-2-4-11(12)13/h2-3,5-8H,4H2,1H3,(H2,12,13). The maximum atomic E-state index is 10.4. The van der Waals surface area contributed by atoms with Gasteiger partial charge in [0.2, 0.25) is 5.91 Å². The third-order valence-electron chi connectivity index (χ3n) is 1.71. The maximum absolute atomic E-state index is 10.4. The quantitative estimate of drug-likeness (QED) is 0.748. The van der Waals surface area contributed by atoms with Gasteiger partial charge in [-0.2, -0.15) is 0 Å². The van der Waals surface area contributed by atoms with Crippen molar-refractivity contribution >= 4 is 12.0 Å². The lowest BCUT2D eigenvalue weighted by Crippen LogP contribution is -2.07. The highest BCUT2D eigenvalue weighted by Gasteiger charge is 1.88.